The quantitative estimate of drug-likeness (QED) is 0.0560. The van der Waals surface area contributed by atoms with Gasteiger partial charge in [0.1, 0.15) is 5.75 Å². The molecule has 3 aliphatic rings. The number of hydrogen-bond donors (Lipinski definition) is 2. The molecule has 0 amide bonds. The fraction of sp³-hybridized carbons (Fsp3) is 0.811. The lowest BCUT2D eigenvalue weighted by atomic mass is 9.52. The van der Waals surface area contributed by atoms with E-state index in [0.717, 1.165) is 38.5 Å². The number of carbonyl (C=O) groups excluding carboxylic acids is 1. The summed E-state index contributed by atoms with van der Waals surface area (Å²) in [5.41, 5.74) is 2.33. The molecule has 0 heterocycles. The number of esters is 1. The smallest absolute Gasteiger partial charge is 0.426 e. The molecule has 2 fully saturated rings. The lowest BCUT2D eigenvalue weighted by Crippen LogP contribution is -2.47. The van der Waals surface area contributed by atoms with Crippen molar-refractivity contribution in [1.29, 1.82) is 0 Å². The molecular formula is C37H61O13P. The molecule has 4 rings (SSSR count). The van der Waals surface area contributed by atoms with E-state index in [2.05, 4.69) is 19.9 Å². The van der Waals surface area contributed by atoms with Gasteiger partial charge in [-0.15, -0.1) is 0 Å². The summed E-state index contributed by atoms with van der Waals surface area (Å²) in [5.74, 6) is 1.88. The summed E-state index contributed by atoms with van der Waals surface area (Å²) in [6.07, 6.45) is 6.25. The van der Waals surface area contributed by atoms with Crippen molar-refractivity contribution in [2.24, 2.45) is 23.2 Å². The van der Waals surface area contributed by atoms with E-state index in [4.69, 9.17) is 42.4 Å². The van der Waals surface area contributed by atoms with Gasteiger partial charge in [0, 0.05) is 7.11 Å². The largest absolute Gasteiger partial charge is 0.469 e. The molecule has 0 unspecified atom stereocenters. The number of phosphoric ester groups is 1. The zero-order chi connectivity index (χ0) is 36.5. The highest BCUT2D eigenvalue weighted by Crippen LogP contribution is 2.64. The fourth-order valence-electron chi connectivity index (χ4n) is 8.46. The predicted octanol–water partition coefficient (Wildman–Crippen LogP) is 5.09. The molecule has 1 aromatic rings. The first-order chi connectivity index (χ1) is 24.7. The van der Waals surface area contributed by atoms with Crippen molar-refractivity contribution in [2.75, 3.05) is 93.0 Å². The van der Waals surface area contributed by atoms with Crippen molar-refractivity contribution in [2.45, 2.75) is 77.2 Å². The van der Waals surface area contributed by atoms with Crippen LogP contribution in [0.2, 0.25) is 0 Å². The fourth-order valence-corrected chi connectivity index (χ4v) is 9.13. The van der Waals surface area contributed by atoms with Crippen LogP contribution in [-0.4, -0.2) is 115 Å². The Morgan fingerprint density at radius 1 is 0.824 bits per heavy atom. The van der Waals surface area contributed by atoms with E-state index < -0.39 is 13.9 Å². The van der Waals surface area contributed by atoms with E-state index in [1.807, 2.05) is 12.1 Å². The van der Waals surface area contributed by atoms with Gasteiger partial charge in [-0.25, -0.2) is 4.57 Å². The van der Waals surface area contributed by atoms with Crippen molar-refractivity contribution in [3.63, 3.8) is 0 Å². The second kappa shape index (κ2) is 22.0. The normalized spacial score (nSPS) is 25.7. The lowest BCUT2D eigenvalue weighted by Gasteiger charge is -2.53. The SMILES string of the molecule is CCC[C@@H]1Cc2cc(OC(=O)CCOCCOCCOCCOCCOCCOCCOC)ccc2[C@H]2CC[C@]3(C)[C@@H](OP(=O)(O)O)CC[C@H]3[C@H]12. The van der Waals surface area contributed by atoms with Gasteiger partial charge in [-0.1, -0.05) is 32.8 Å². The molecule has 2 N–H and O–H groups in total. The highest BCUT2D eigenvalue weighted by molar-refractivity contribution is 7.46. The van der Waals surface area contributed by atoms with Gasteiger partial charge in [-0.3, -0.25) is 9.32 Å². The maximum Gasteiger partial charge on any atom is 0.469 e. The van der Waals surface area contributed by atoms with Crippen LogP contribution < -0.4 is 4.74 Å². The number of ether oxygens (including phenoxy) is 8. The van der Waals surface area contributed by atoms with Crippen LogP contribution in [0.5, 0.6) is 5.75 Å². The van der Waals surface area contributed by atoms with Gasteiger partial charge in [0.05, 0.1) is 98.4 Å². The average molecular weight is 745 g/mol. The lowest BCUT2D eigenvalue weighted by molar-refractivity contribution is -0.135. The minimum atomic E-state index is -4.55. The molecule has 0 aromatic heterocycles. The van der Waals surface area contributed by atoms with Gasteiger partial charge >= 0.3 is 13.8 Å². The molecule has 14 heteroatoms. The number of rotatable bonds is 26. The van der Waals surface area contributed by atoms with Gasteiger partial charge in [-0.05, 0) is 84.5 Å². The van der Waals surface area contributed by atoms with Crippen LogP contribution in [-0.2, 0) is 53.5 Å². The summed E-state index contributed by atoms with van der Waals surface area (Å²) in [6.45, 7) is 10.5. The topological polar surface area (TPSA) is 158 Å². The van der Waals surface area contributed by atoms with Gasteiger partial charge < -0.3 is 47.7 Å². The number of phosphoric acid groups is 1. The van der Waals surface area contributed by atoms with Crippen molar-refractivity contribution < 1.29 is 61.6 Å². The van der Waals surface area contributed by atoms with Gasteiger partial charge in [0.15, 0.2) is 0 Å². The molecule has 2 saturated carbocycles. The Labute approximate surface area is 303 Å². The molecular weight excluding hydrogens is 683 g/mol. The van der Waals surface area contributed by atoms with Crippen LogP contribution in [0.15, 0.2) is 18.2 Å². The van der Waals surface area contributed by atoms with Crippen LogP contribution in [0.4, 0.5) is 0 Å². The molecule has 3 aliphatic carbocycles. The number of fused-ring (bicyclic) bond motifs is 5. The second-order valence-electron chi connectivity index (χ2n) is 14.0. The molecule has 51 heavy (non-hydrogen) atoms. The molecule has 0 aliphatic heterocycles. The van der Waals surface area contributed by atoms with E-state index in [1.54, 1.807) is 7.11 Å². The third-order valence-electron chi connectivity index (χ3n) is 10.7. The second-order valence-corrected chi connectivity index (χ2v) is 15.2. The zero-order valence-corrected chi connectivity index (χ0v) is 31.7. The van der Waals surface area contributed by atoms with Crippen LogP contribution in [0, 0.1) is 23.2 Å². The molecule has 0 spiro atoms. The van der Waals surface area contributed by atoms with Crippen molar-refractivity contribution >= 4 is 13.8 Å². The van der Waals surface area contributed by atoms with Crippen LogP contribution in [0.25, 0.3) is 0 Å². The molecule has 13 nitrogen and oxygen atoms in total. The Bertz CT molecular complexity index is 1210. The van der Waals surface area contributed by atoms with Gasteiger partial charge in [-0.2, -0.15) is 0 Å². The van der Waals surface area contributed by atoms with Crippen molar-refractivity contribution in [3.8, 4) is 5.75 Å². The van der Waals surface area contributed by atoms with E-state index in [-0.39, 0.29) is 24.4 Å². The highest BCUT2D eigenvalue weighted by atomic mass is 31.2. The minimum Gasteiger partial charge on any atom is -0.426 e. The minimum absolute atomic E-state index is 0.147. The third-order valence-corrected chi connectivity index (χ3v) is 11.2. The zero-order valence-electron chi connectivity index (χ0n) is 30.8. The molecule has 0 saturated heterocycles. The number of hydrogen-bond acceptors (Lipinski definition) is 11. The molecule has 6 atom stereocenters. The summed E-state index contributed by atoms with van der Waals surface area (Å²) in [7, 11) is -2.91. The van der Waals surface area contributed by atoms with Crippen LogP contribution in [0.1, 0.15) is 75.8 Å². The summed E-state index contributed by atoms with van der Waals surface area (Å²) >= 11 is 0. The Balaban J connectivity index is 1.07. The first-order valence-corrected chi connectivity index (χ1v) is 20.2. The third kappa shape index (κ3) is 13.4. The maximum absolute atomic E-state index is 12.6. The maximum atomic E-state index is 12.6. The summed E-state index contributed by atoms with van der Waals surface area (Å²) in [5, 5.41) is 0. The monoisotopic (exact) mass is 744 g/mol. The van der Waals surface area contributed by atoms with Crippen LogP contribution >= 0.6 is 7.82 Å². The standard InChI is InChI=1S/C37H61O13P/c1-4-5-28-26-29-27-30(6-7-31(29)32-10-12-37(2)33(36(28)32)8-9-34(37)50-51(39,40)41)49-35(38)11-13-43-16-17-45-20-21-47-24-25-48-23-22-46-19-18-44-15-14-42-3/h6-7,27-28,32-34,36H,4-5,8-26H2,1-3H3,(H2,39,40,41)/t28-,32-,33+,34+,36-,37+/m1/s1. The van der Waals surface area contributed by atoms with Gasteiger partial charge in [0.2, 0.25) is 0 Å². The first kappa shape index (κ1) is 42.3. The average Bonchev–Trinajstić information content (AvgIpc) is 3.41. The number of carbonyl (C=O) groups is 1. The Kier molecular flexibility index (Phi) is 18.3. The Hall–Kier alpha value is -1.48. The molecule has 0 radical (unpaired) electrons. The summed E-state index contributed by atoms with van der Waals surface area (Å²) in [6, 6.07) is 6.07. The molecule has 0 bridgehead atoms. The van der Waals surface area contributed by atoms with E-state index >= 15 is 0 Å². The van der Waals surface area contributed by atoms with Crippen molar-refractivity contribution in [1.82, 2.24) is 0 Å². The summed E-state index contributed by atoms with van der Waals surface area (Å²) < 4.78 is 60.5. The van der Waals surface area contributed by atoms with Crippen LogP contribution in [0.3, 0.4) is 0 Å². The Morgan fingerprint density at radius 3 is 1.94 bits per heavy atom. The highest BCUT2D eigenvalue weighted by Gasteiger charge is 2.58. The number of methoxy groups -OCH3 is 1. The number of benzene rings is 1. The van der Waals surface area contributed by atoms with E-state index in [1.165, 1.54) is 11.1 Å². The molecule has 292 valence electrons. The Morgan fingerprint density at radius 2 is 1.39 bits per heavy atom. The molecule has 1 aromatic carbocycles. The van der Waals surface area contributed by atoms with E-state index in [0.29, 0.717) is 115 Å². The predicted molar refractivity (Wildman–Crippen MR) is 189 cm³/mol. The first-order valence-electron chi connectivity index (χ1n) is 18.7. The van der Waals surface area contributed by atoms with E-state index in [9.17, 15) is 19.1 Å². The van der Waals surface area contributed by atoms with Gasteiger partial charge in [0.25, 0.3) is 0 Å². The van der Waals surface area contributed by atoms with Crippen molar-refractivity contribution in [3.05, 3.63) is 29.3 Å². The summed E-state index contributed by atoms with van der Waals surface area (Å²) in [4.78, 5) is 31.7.